The van der Waals surface area contributed by atoms with Gasteiger partial charge in [0.15, 0.2) is 0 Å². The molecule has 6 nitrogen and oxygen atoms in total. The highest BCUT2D eigenvalue weighted by atomic mass is 127. The Kier molecular flexibility index (Phi) is 6.17. The van der Waals surface area contributed by atoms with Crippen LogP contribution in [0.25, 0.3) is 0 Å². The van der Waals surface area contributed by atoms with Crippen molar-refractivity contribution in [3.63, 3.8) is 0 Å². The molecular weight excluding hydrogens is 383 g/mol. The Labute approximate surface area is 125 Å². The lowest BCUT2D eigenvalue weighted by atomic mass is 10.4. The molecule has 0 bridgehead atoms. The Bertz CT molecular complexity index is 530. The minimum absolute atomic E-state index is 0.104. The summed E-state index contributed by atoms with van der Waals surface area (Å²) in [6, 6.07) is 6.29. The molecule has 1 aromatic carbocycles. The normalized spacial score (nSPS) is 13.0. The van der Waals surface area contributed by atoms with Crippen LogP contribution in [0.1, 0.15) is 13.3 Å². The number of halogens is 1. The van der Waals surface area contributed by atoms with Crippen LogP contribution in [0.4, 0.5) is 0 Å². The zero-order valence-corrected chi connectivity index (χ0v) is 13.3. The molecular formula is C11H15IN2O4S. The Morgan fingerprint density at radius 1 is 1.42 bits per heavy atom. The van der Waals surface area contributed by atoms with Gasteiger partial charge in [-0.1, -0.05) is 0 Å². The Hall–Kier alpha value is -0.710. The van der Waals surface area contributed by atoms with Gasteiger partial charge in [-0.25, -0.2) is 8.42 Å². The first-order valence-corrected chi connectivity index (χ1v) is 8.10. The summed E-state index contributed by atoms with van der Waals surface area (Å²) >= 11 is 2.07. The summed E-state index contributed by atoms with van der Waals surface area (Å²) in [6.45, 7) is 1.90. The molecule has 8 heteroatoms. The van der Waals surface area contributed by atoms with Gasteiger partial charge in [-0.15, -0.1) is 0 Å². The van der Waals surface area contributed by atoms with E-state index >= 15 is 0 Å². The van der Waals surface area contributed by atoms with Crippen molar-refractivity contribution in [3.05, 3.63) is 27.8 Å². The zero-order chi connectivity index (χ0) is 14.5. The van der Waals surface area contributed by atoms with Gasteiger partial charge < -0.3 is 10.5 Å². The van der Waals surface area contributed by atoms with Gasteiger partial charge in [0.1, 0.15) is 0 Å². The van der Waals surface area contributed by atoms with Gasteiger partial charge in [-0.2, -0.15) is 4.72 Å². The van der Waals surface area contributed by atoms with Gasteiger partial charge in [-0.05, 0) is 53.8 Å². The minimum atomic E-state index is -3.72. The molecule has 0 spiro atoms. The molecule has 0 aromatic heterocycles. The molecule has 1 atom stereocenters. The van der Waals surface area contributed by atoms with E-state index in [-0.39, 0.29) is 17.9 Å². The van der Waals surface area contributed by atoms with Crippen molar-refractivity contribution >= 4 is 38.6 Å². The third kappa shape index (κ3) is 5.43. The molecule has 19 heavy (non-hydrogen) atoms. The van der Waals surface area contributed by atoms with Crippen molar-refractivity contribution in [3.8, 4) is 0 Å². The fourth-order valence-electron chi connectivity index (χ4n) is 1.32. The van der Waals surface area contributed by atoms with Crippen LogP contribution in [0.5, 0.6) is 0 Å². The van der Waals surface area contributed by atoms with E-state index in [9.17, 15) is 13.2 Å². The van der Waals surface area contributed by atoms with E-state index in [1.54, 1.807) is 19.1 Å². The summed E-state index contributed by atoms with van der Waals surface area (Å²) in [7, 11) is -3.72. The largest absolute Gasteiger partial charge is 0.466 e. The molecule has 0 aliphatic carbocycles. The lowest BCUT2D eigenvalue weighted by Crippen LogP contribution is -2.43. The van der Waals surface area contributed by atoms with Crippen molar-refractivity contribution in [2.75, 3.05) is 6.61 Å². The molecule has 0 fully saturated rings. The van der Waals surface area contributed by atoms with Crippen molar-refractivity contribution in [2.45, 2.75) is 24.4 Å². The number of carbonyl (C=O) groups is 1. The number of hydrogen-bond donors (Lipinski definition) is 2. The van der Waals surface area contributed by atoms with Gasteiger partial charge in [0.05, 0.1) is 24.1 Å². The number of ether oxygens (including phenoxy) is 1. The summed E-state index contributed by atoms with van der Waals surface area (Å²) in [5.74, 6) is -0.541. The number of esters is 1. The first-order valence-electron chi connectivity index (χ1n) is 5.54. The highest BCUT2D eigenvalue weighted by Gasteiger charge is 2.19. The number of rotatable bonds is 6. The fourth-order valence-corrected chi connectivity index (χ4v) is 2.79. The van der Waals surface area contributed by atoms with Crippen LogP contribution < -0.4 is 10.5 Å². The van der Waals surface area contributed by atoms with E-state index in [1.807, 2.05) is 0 Å². The summed E-state index contributed by atoms with van der Waals surface area (Å²) in [5, 5.41) is 0. The smallest absolute Gasteiger partial charge is 0.308 e. The third-order valence-corrected chi connectivity index (χ3v) is 4.35. The van der Waals surface area contributed by atoms with Gasteiger partial charge >= 0.3 is 5.97 Å². The maximum absolute atomic E-state index is 11.9. The molecule has 1 aromatic rings. The highest BCUT2D eigenvalue weighted by molar-refractivity contribution is 14.1. The summed E-state index contributed by atoms with van der Waals surface area (Å²) < 4.78 is 31.7. The average molecular weight is 398 g/mol. The molecule has 1 rings (SSSR count). The van der Waals surface area contributed by atoms with E-state index in [1.165, 1.54) is 12.1 Å². The number of hydrogen-bond acceptors (Lipinski definition) is 5. The van der Waals surface area contributed by atoms with Crippen LogP contribution in [-0.2, 0) is 19.6 Å². The Morgan fingerprint density at radius 3 is 2.53 bits per heavy atom. The van der Waals surface area contributed by atoms with Crippen LogP contribution in [-0.4, -0.2) is 27.2 Å². The number of carbonyl (C=O) groups excluding carboxylic acids is 1. The standard InChI is InChI=1S/C11H15IN2O4S/c1-2-18-11(15)7-10(13)14-19(16,17)9-5-3-8(12)4-6-9/h3-6,10,14H,2,7,13H2,1H3/t10-/m0/s1. The summed E-state index contributed by atoms with van der Waals surface area (Å²) in [5.41, 5.74) is 5.57. The van der Waals surface area contributed by atoms with Crippen LogP contribution in [0.15, 0.2) is 29.2 Å². The number of sulfonamides is 1. The SMILES string of the molecule is CCOC(=O)C[C@@H](N)NS(=O)(=O)c1ccc(I)cc1. The fraction of sp³-hybridized carbons (Fsp3) is 0.364. The molecule has 0 heterocycles. The average Bonchev–Trinajstić information content (AvgIpc) is 2.28. The number of nitrogens with two attached hydrogens (primary N) is 1. The second kappa shape index (κ2) is 7.17. The van der Waals surface area contributed by atoms with Crippen LogP contribution in [0.2, 0.25) is 0 Å². The van der Waals surface area contributed by atoms with Crippen molar-refractivity contribution in [1.29, 1.82) is 0 Å². The molecule has 106 valence electrons. The summed E-state index contributed by atoms with van der Waals surface area (Å²) in [6.07, 6.45) is -1.22. The van der Waals surface area contributed by atoms with Gasteiger partial charge in [0.2, 0.25) is 10.0 Å². The monoisotopic (exact) mass is 398 g/mol. The zero-order valence-electron chi connectivity index (χ0n) is 10.3. The molecule has 0 aliphatic heterocycles. The molecule has 3 N–H and O–H groups in total. The Morgan fingerprint density at radius 2 is 2.00 bits per heavy atom. The van der Waals surface area contributed by atoms with Gasteiger partial charge in [0, 0.05) is 3.57 Å². The van der Waals surface area contributed by atoms with E-state index in [2.05, 4.69) is 27.3 Å². The molecule has 0 aliphatic rings. The first-order chi connectivity index (χ1) is 8.85. The van der Waals surface area contributed by atoms with Crippen LogP contribution in [0.3, 0.4) is 0 Å². The second-order valence-corrected chi connectivity index (χ2v) is 6.65. The van der Waals surface area contributed by atoms with Crippen molar-refractivity contribution < 1.29 is 17.9 Å². The lowest BCUT2D eigenvalue weighted by molar-refractivity contribution is -0.143. The molecule has 0 saturated carbocycles. The summed E-state index contributed by atoms with van der Waals surface area (Å²) in [4.78, 5) is 11.3. The maximum atomic E-state index is 11.9. The topological polar surface area (TPSA) is 98.5 Å². The predicted molar refractivity (Wildman–Crippen MR) is 78.7 cm³/mol. The molecule has 0 unspecified atom stereocenters. The lowest BCUT2D eigenvalue weighted by Gasteiger charge is -2.13. The second-order valence-electron chi connectivity index (χ2n) is 3.69. The number of nitrogens with one attached hydrogen (secondary N) is 1. The quantitative estimate of drug-likeness (QED) is 0.420. The highest BCUT2D eigenvalue weighted by Crippen LogP contribution is 2.12. The third-order valence-electron chi connectivity index (χ3n) is 2.12. The predicted octanol–water partition coefficient (Wildman–Crippen LogP) is 0.807. The van der Waals surface area contributed by atoms with Gasteiger partial charge in [-0.3, -0.25) is 4.79 Å². The molecule has 0 saturated heterocycles. The van der Waals surface area contributed by atoms with E-state index < -0.39 is 22.2 Å². The minimum Gasteiger partial charge on any atom is -0.466 e. The van der Waals surface area contributed by atoms with Gasteiger partial charge in [0.25, 0.3) is 0 Å². The van der Waals surface area contributed by atoms with Crippen LogP contribution >= 0.6 is 22.6 Å². The number of benzene rings is 1. The van der Waals surface area contributed by atoms with E-state index in [0.717, 1.165) is 3.57 Å². The first kappa shape index (κ1) is 16.3. The van der Waals surface area contributed by atoms with Crippen molar-refractivity contribution in [1.82, 2.24) is 4.72 Å². The molecule has 0 radical (unpaired) electrons. The Balaban J connectivity index is 2.69. The van der Waals surface area contributed by atoms with E-state index in [4.69, 9.17) is 10.5 Å². The maximum Gasteiger partial charge on any atom is 0.308 e. The van der Waals surface area contributed by atoms with Crippen molar-refractivity contribution in [2.24, 2.45) is 5.73 Å². The molecule has 0 amide bonds. The van der Waals surface area contributed by atoms with E-state index in [0.29, 0.717) is 0 Å². The van der Waals surface area contributed by atoms with Crippen LogP contribution in [0, 0.1) is 3.57 Å².